The highest BCUT2D eigenvalue weighted by Gasteiger charge is 2.39. The molecule has 132 valence electrons. The Morgan fingerprint density at radius 2 is 1.96 bits per heavy atom. The fraction of sp³-hybridized carbons (Fsp3) is 0.368. The summed E-state index contributed by atoms with van der Waals surface area (Å²) in [6.45, 7) is 4.42. The number of carboxylic acids is 1. The van der Waals surface area contributed by atoms with E-state index in [0.29, 0.717) is 24.3 Å². The van der Waals surface area contributed by atoms with Gasteiger partial charge in [-0.15, -0.1) is 11.3 Å². The van der Waals surface area contributed by atoms with Crippen LogP contribution in [-0.4, -0.2) is 35.0 Å². The van der Waals surface area contributed by atoms with Crippen LogP contribution in [0.2, 0.25) is 0 Å². The molecule has 4 nitrogen and oxygen atoms in total. The number of carbonyl (C=O) groups is 2. The molecule has 1 amide bonds. The topological polar surface area (TPSA) is 57.6 Å². The Balaban J connectivity index is 1.85. The Hall–Kier alpha value is -2.21. The van der Waals surface area contributed by atoms with Crippen molar-refractivity contribution in [3.8, 4) is 11.1 Å². The number of benzene rings is 1. The van der Waals surface area contributed by atoms with Crippen molar-refractivity contribution >= 4 is 23.2 Å². The zero-order valence-corrected chi connectivity index (χ0v) is 15.0. The number of aryl methyl sites for hydroxylation is 1. The van der Waals surface area contributed by atoms with Crippen LogP contribution in [0.15, 0.2) is 30.3 Å². The summed E-state index contributed by atoms with van der Waals surface area (Å²) in [6, 6.07) is 8.01. The van der Waals surface area contributed by atoms with Crippen molar-refractivity contribution < 1.29 is 19.1 Å². The lowest BCUT2D eigenvalue weighted by atomic mass is 9.82. The SMILES string of the molecule is Cc1sc(C(=O)N2CCCC(C)(C(=O)O)C2)cc1-c1ccc(F)cc1. The first-order valence-electron chi connectivity index (χ1n) is 8.19. The highest BCUT2D eigenvalue weighted by molar-refractivity contribution is 7.14. The van der Waals surface area contributed by atoms with E-state index in [-0.39, 0.29) is 18.3 Å². The van der Waals surface area contributed by atoms with Gasteiger partial charge in [0.15, 0.2) is 0 Å². The largest absolute Gasteiger partial charge is 0.481 e. The first-order chi connectivity index (χ1) is 11.8. The first-order valence-corrected chi connectivity index (χ1v) is 9.01. The summed E-state index contributed by atoms with van der Waals surface area (Å²) >= 11 is 1.39. The third-order valence-electron chi connectivity index (χ3n) is 4.78. The smallest absolute Gasteiger partial charge is 0.311 e. The van der Waals surface area contributed by atoms with Crippen LogP contribution in [0.5, 0.6) is 0 Å². The second-order valence-corrected chi connectivity index (χ2v) is 8.04. The number of carbonyl (C=O) groups excluding carboxylic acids is 1. The molecule has 25 heavy (non-hydrogen) atoms. The predicted octanol–water partition coefficient (Wildman–Crippen LogP) is 4.19. The molecule has 6 heteroatoms. The van der Waals surface area contributed by atoms with Crippen molar-refractivity contribution in [3.63, 3.8) is 0 Å². The quantitative estimate of drug-likeness (QED) is 0.892. The molecule has 1 N–H and O–H groups in total. The van der Waals surface area contributed by atoms with Crippen LogP contribution in [-0.2, 0) is 4.79 Å². The van der Waals surface area contributed by atoms with E-state index in [9.17, 15) is 19.1 Å². The molecular formula is C19H20FNO3S. The summed E-state index contributed by atoms with van der Waals surface area (Å²) in [5.41, 5.74) is 0.884. The third-order valence-corrected chi connectivity index (χ3v) is 5.82. The number of halogens is 1. The van der Waals surface area contributed by atoms with Crippen LogP contribution in [0.4, 0.5) is 4.39 Å². The minimum Gasteiger partial charge on any atom is -0.481 e. The van der Waals surface area contributed by atoms with Crippen LogP contribution in [0.25, 0.3) is 11.1 Å². The van der Waals surface area contributed by atoms with E-state index in [1.54, 1.807) is 24.0 Å². The number of carboxylic acid groups (broad SMARTS) is 1. The molecule has 0 bridgehead atoms. The Labute approximate surface area is 149 Å². The number of piperidine rings is 1. The molecule has 3 rings (SSSR count). The summed E-state index contributed by atoms with van der Waals surface area (Å²) in [6.07, 6.45) is 1.26. The van der Waals surface area contributed by atoms with Gasteiger partial charge < -0.3 is 10.0 Å². The molecule has 2 aromatic rings. The predicted molar refractivity (Wildman–Crippen MR) is 95.3 cm³/mol. The molecule has 0 spiro atoms. The fourth-order valence-corrected chi connectivity index (χ4v) is 4.26. The minimum absolute atomic E-state index is 0.131. The molecule has 1 aliphatic rings. The maximum absolute atomic E-state index is 13.1. The van der Waals surface area contributed by atoms with Gasteiger partial charge in [-0.3, -0.25) is 9.59 Å². The summed E-state index contributed by atoms with van der Waals surface area (Å²) in [7, 11) is 0. The van der Waals surface area contributed by atoms with Crippen LogP contribution in [0.3, 0.4) is 0 Å². The van der Waals surface area contributed by atoms with Crippen LogP contribution in [0, 0.1) is 18.2 Å². The maximum Gasteiger partial charge on any atom is 0.311 e. The van der Waals surface area contributed by atoms with Gasteiger partial charge in [0.05, 0.1) is 10.3 Å². The third kappa shape index (κ3) is 3.44. The molecule has 2 heterocycles. The van der Waals surface area contributed by atoms with Gasteiger partial charge >= 0.3 is 5.97 Å². The molecule has 0 aliphatic carbocycles. The van der Waals surface area contributed by atoms with Gasteiger partial charge in [0.1, 0.15) is 5.82 Å². The second-order valence-electron chi connectivity index (χ2n) is 6.78. The summed E-state index contributed by atoms with van der Waals surface area (Å²) < 4.78 is 13.1. The number of nitrogens with zero attached hydrogens (tertiary/aromatic N) is 1. The van der Waals surface area contributed by atoms with Gasteiger partial charge in [-0.25, -0.2) is 4.39 Å². The van der Waals surface area contributed by atoms with E-state index in [1.807, 2.05) is 13.0 Å². The zero-order chi connectivity index (χ0) is 18.2. The van der Waals surface area contributed by atoms with E-state index >= 15 is 0 Å². The van der Waals surface area contributed by atoms with Crippen molar-refractivity contribution in [2.24, 2.45) is 5.41 Å². The maximum atomic E-state index is 13.1. The summed E-state index contributed by atoms with van der Waals surface area (Å²) in [5, 5.41) is 9.42. The summed E-state index contributed by atoms with van der Waals surface area (Å²) in [5.74, 6) is -1.29. The number of thiophene rings is 1. The molecule has 1 aromatic heterocycles. The molecule has 1 saturated heterocycles. The molecule has 0 radical (unpaired) electrons. The van der Waals surface area contributed by atoms with Gasteiger partial charge in [0, 0.05) is 18.0 Å². The standard InChI is InChI=1S/C19H20FNO3S/c1-12-15(13-4-6-14(20)7-5-13)10-16(25-12)17(22)21-9-3-8-19(2,11-21)18(23)24/h4-7,10H,3,8-9,11H2,1-2H3,(H,23,24). The van der Waals surface area contributed by atoms with E-state index < -0.39 is 11.4 Å². The van der Waals surface area contributed by atoms with Crippen LogP contribution >= 0.6 is 11.3 Å². The first kappa shape index (κ1) is 17.6. The van der Waals surface area contributed by atoms with Gasteiger partial charge in [-0.2, -0.15) is 0 Å². The van der Waals surface area contributed by atoms with Crippen LogP contribution in [0.1, 0.15) is 34.3 Å². The number of amides is 1. The highest BCUT2D eigenvalue weighted by atomic mass is 32.1. The molecule has 0 saturated carbocycles. The Morgan fingerprint density at radius 1 is 1.28 bits per heavy atom. The van der Waals surface area contributed by atoms with Gasteiger partial charge in [-0.1, -0.05) is 12.1 Å². The number of likely N-dealkylation sites (tertiary alicyclic amines) is 1. The van der Waals surface area contributed by atoms with E-state index in [4.69, 9.17) is 0 Å². The average molecular weight is 361 g/mol. The number of hydrogen-bond acceptors (Lipinski definition) is 3. The molecule has 1 fully saturated rings. The summed E-state index contributed by atoms with van der Waals surface area (Å²) in [4.78, 5) is 27.5. The monoisotopic (exact) mass is 361 g/mol. The fourth-order valence-electron chi connectivity index (χ4n) is 3.25. The average Bonchev–Trinajstić information content (AvgIpc) is 2.96. The Bertz CT molecular complexity index is 815. The number of hydrogen-bond donors (Lipinski definition) is 1. The lowest BCUT2D eigenvalue weighted by molar-refractivity contribution is -0.150. The van der Waals surface area contributed by atoms with Crippen LogP contribution < -0.4 is 0 Å². The van der Waals surface area contributed by atoms with Gasteiger partial charge in [0.25, 0.3) is 5.91 Å². The molecule has 1 aliphatic heterocycles. The van der Waals surface area contributed by atoms with E-state index in [0.717, 1.165) is 16.0 Å². The van der Waals surface area contributed by atoms with E-state index in [1.165, 1.54) is 23.5 Å². The van der Waals surface area contributed by atoms with Crippen molar-refractivity contribution in [2.45, 2.75) is 26.7 Å². The van der Waals surface area contributed by atoms with Gasteiger partial charge in [-0.05, 0) is 56.0 Å². The van der Waals surface area contributed by atoms with Crippen molar-refractivity contribution in [1.82, 2.24) is 4.90 Å². The lowest BCUT2D eigenvalue weighted by Gasteiger charge is -2.37. The second kappa shape index (κ2) is 6.59. The molecular weight excluding hydrogens is 341 g/mol. The van der Waals surface area contributed by atoms with Gasteiger partial charge in [0.2, 0.25) is 0 Å². The Morgan fingerprint density at radius 3 is 2.60 bits per heavy atom. The molecule has 1 unspecified atom stereocenters. The molecule has 1 atom stereocenters. The minimum atomic E-state index is -0.889. The normalized spacial score (nSPS) is 20.5. The molecule has 1 aromatic carbocycles. The van der Waals surface area contributed by atoms with E-state index in [2.05, 4.69) is 0 Å². The lowest BCUT2D eigenvalue weighted by Crippen LogP contribution is -2.48. The zero-order valence-electron chi connectivity index (χ0n) is 14.2. The number of aliphatic carboxylic acids is 1. The van der Waals surface area contributed by atoms with Crippen molar-refractivity contribution in [1.29, 1.82) is 0 Å². The van der Waals surface area contributed by atoms with Crippen molar-refractivity contribution in [2.75, 3.05) is 13.1 Å². The van der Waals surface area contributed by atoms with Crippen molar-refractivity contribution in [3.05, 3.63) is 45.9 Å². The number of rotatable bonds is 3. The highest BCUT2D eigenvalue weighted by Crippen LogP contribution is 2.34. The Kier molecular flexibility index (Phi) is 4.64.